The van der Waals surface area contributed by atoms with Crippen LogP contribution in [0.15, 0.2) is 47.0 Å². The highest BCUT2D eigenvalue weighted by molar-refractivity contribution is 5.98. The van der Waals surface area contributed by atoms with E-state index >= 15 is 0 Å². The second-order valence-electron chi connectivity index (χ2n) is 9.13. The van der Waals surface area contributed by atoms with Crippen molar-refractivity contribution in [1.29, 1.82) is 0 Å². The SMILES string of the molecule is CCOc1c(/C(C)=C/C(=O)NCCc2c[nH]c3ccccc23)cc2c3c(oc2c1C)CCCC3. The van der Waals surface area contributed by atoms with E-state index in [9.17, 15) is 4.79 Å². The third kappa shape index (κ3) is 4.11. The van der Waals surface area contributed by atoms with Crippen molar-refractivity contribution in [2.24, 2.45) is 0 Å². The molecule has 0 aliphatic heterocycles. The first-order valence-electron chi connectivity index (χ1n) is 12.3. The van der Waals surface area contributed by atoms with Crippen molar-refractivity contribution in [1.82, 2.24) is 10.3 Å². The number of rotatable bonds is 7. The predicted octanol–water partition coefficient (Wildman–Crippen LogP) is 6.26. The Morgan fingerprint density at radius 2 is 2.03 bits per heavy atom. The van der Waals surface area contributed by atoms with Crippen molar-refractivity contribution in [2.45, 2.75) is 52.9 Å². The summed E-state index contributed by atoms with van der Waals surface area (Å²) < 4.78 is 12.3. The number of fused-ring (bicyclic) bond motifs is 4. The van der Waals surface area contributed by atoms with Crippen molar-refractivity contribution in [3.8, 4) is 5.75 Å². The van der Waals surface area contributed by atoms with Gasteiger partial charge in [-0.05, 0) is 69.7 Å². The average Bonchev–Trinajstić information content (AvgIpc) is 3.42. The van der Waals surface area contributed by atoms with Gasteiger partial charge in [-0.25, -0.2) is 0 Å². The van der Waals surface area contributed by atoms with E-state index in [0.29, 0.717) is 13.2 Å². The zero-order valence-corrected chi connectivity index (χ0v) is 20.2. The lowest BCUT2D eigenvalue weighted by Gasteiger charge is -2.15. The number of aromatic nitrogens is 1. The molecule has 2 aromatic carbocycles. The Hall–Kier alpha value is -3.47. The summed E-state index contributed by atoms with van der Waals surface area (Å²) in [4.78, 5) is 16.1. The van der Waals surface area contributed by atoms with Crippen LogP contribution in [-0.4, -0.2) is 24.0 Å². The standard InChI is InChI=1S/C29H32N2O3/c1-4-33-28-19(3)29-24(22-10-6-8-12-26(22)34-29)16-23(28)18(2)15-27(32)30-14-13-20-17-31-25-11-7-5-9-21(20)25/h5,7,9,11,15-17,31H,4,6,8,10,12-14H2,1-3H3,(H,30,32)/b18-15+. The monoisotopic (exact) mass is 456 g/mol. The molecule has 0 bridgehead atoms. The lowest BCUT2D eigenvalue weighted by molar-refractivity contribution is -0.116. The van der Waals surface area contributed by atoms with Gasteiger partial charge in [0.1, 0.15) is 17.1 Å². The highest BCUT2D eigenvalue weighted by Gasteiger charge is 2.23. The van der Waals surface area contributed by atoms with Gasteiger partial charge in [-0.3, -0.25) is 4.79 Å². The fraction of sp³-hybridized carbons (Fsp3) is 0.345. The summed E-state index contributed by atoms with van der Waals surface area (Å²) in [5, 5.41) is 5.42. The van der Waals surface area contributed by atoms with Crippen LogP contribution >= 0.6 is 0 Å². The van der Waals surface area contributed by atoms with E-state index in [0.717, 1.165) is 64.0 Å². The van der Waals surface area contributed by atoms with Crippen LogP contribution in [0.25, 0.3) is 27.4 Å². The van der Waals surface area contributed by atoms with Crippen LogP contribution in [-0.2, 0) is 24.1 Å². The van der Waals surface area contributed by atoms with Crippen LogP contribution in [0.3, 0.4) is 0 Å². The summed E-state index contributed by atoms with van der Waals surface area (Å²) in [6.07, 6.45) is 8.90. The maximum atomic E-state index is 12.8. The second kappa shape index (κ2) is 9.41. The fourth-order valence-corrected chi connectivity index (χ4v) is 5.14. The summed E-state index contributed by atoms with van der Waals surface area (Å²) in [5.41, 5.74) is 7.45. The summed E-state index contributed by atoms with van der Waals surface area (Å²) in [6.45, 7) is 7.16. The number of benzene rings is 2. The van der Waals surface area contributed by atoms with Gasteiger partial charge in [-0.1, -0.05) is 18.2 Å². The smallest absolute Gasteiger partial charge is 0.244 e. The third-order valence-electron chi connectivity index (χ3n) is 6.86. The van der Waals surface area contributed by atoms with Crippen molar-refractivity contribution in [2.75, 3.05) is 13.2 Å². The van der Waals surface area contributed by atoms with E-state index in [-0.39, 0.29) is 5.91 Å². The topological polar surface area (TPSA) is 67.3 Å². The molecule has 34 heavy (non-hydrogen) atoms. The van der Waals surface area contributed by atoms with Gasteiger partial charge in [-0.15, -0.1) is 0 Å². The van der Waals surface area contributed by atoms with Crippen LogP contribution in [0.4, 0.5) is 0 Å². The zero-order valence-electron chi connectivity index (χ0n) is 20.2. The number of H-pyrrole nitrogens is 1. The Balaban J connectivity index is 1.37. The molecule has 0 radical (unpaired) electrons. The first-order chi connectivity index (χ1) is 16.6. The number of para-hydroxylation sites is 1. The number of amides is 1. The quantitative estimate of drug-likeness (QED) is 0.323. The number of furan rings is 1. The molecule has 0 atom stereocenters. The van der Waals surface area contributed by atoms with Crippen molar-refractivity contribution >= 4 is 33.4 Å². The maximum Gasteiger partial charge on any atom is 0.244 e. The van der Waals surface area contributed by atoms with Crippen LogP contribution in [0.2, 0.25) is 0 Å². The minimum atomic E-state index is -0.0910. The van der Waals surface area contributed by atoms with Crippen LogP contribution in [0.1, 0.15) is 54.7 Å². The Labute approximate surface area is 200 Å². The number of allylic oxidation sites excluding steroid dienone is 1. The van der Waals surface area contributed by atoms with Crippen LogP contribution < -0.4 is 10.1 Å². The molecule has 5 rings (SSSR count). The predicted molar refractivity (Wildman–Crippen MR) is 137 cm³/mol. The van der Waals surface area contributed by atoms with Crippen molar-refractivity contribution in [3.63, 3.8) is 0 Å². The molecule has 176 valence electrons. The fourth-order valence-electron chi connectivity index (χ4n) is 5.14. The molecule has 0 saturated carbocycles. The highest BCUT2D eigenvalue weighted by atomic mass is 16.5. The summed E-state index contributed by atoms with van der Waals surface area (Å²) >= 11 is 0. The molecule has 1 aliphatic carbocycles. The second-order valence-corrected chi connectivity index (χ2v) is 9.13. The molecular weight excluding hydrogens is 424 g/mol. The minimum Gasteiger partial charge on any atom is -0.493 e. The van der Waals surface area contributed by atoms with Gasteiger partial charge in [-0.2, -0.15) is 0 Å². The number of ether oxygens (including phenoxy) is 1. The normalized spacial score (nSPS) is 13.9. The van der Waals surface area contributed by atoms with E-state index in [1.54, 1.807) is 6.08 Å². The molecule has 2 heterocycles. The van der Waals surface area contributed by atoms with Gasteiger partial charge >= 0.3 is 0 Å². The van der Waals surface area contributed by atoms with E-state index in [2.05, 4.69) is 35.4 Å². The van der Waals surface area contributed by atoms with E-state index in [4.69, 9.17) is 9.15 Å². The molecule has 5 nitrogen and oxygen atoms in total. The number of hydrogen-bond acceptors (Lipinski definition) is 3. The van der Waals surface area contributed by atoms with Gasteiger partial charge in [0.15, 0.2) is 0 Å². The molecule has 0 saturated heterocycles. The number of aromatic amines is 1. The molecule has 0 spiro atoms. The molecule has 1 amide bonds. The summed E-state index contributed by atoms with van der Waals surface area (Å²) in [5.74, 6) is 1.83. The van der Waals surface area contributed by atoms with Gasteiger partial charge in [0.2, 0.25) is 5.91 Å². The number of carbonyl (C=O) groups excluding carboxylic acids is 1. The number of carbonyl (C=O) groups is 1. The maximum absolute atomic E-state index is 12.8. The largest absolute Gasteiger partial charge is 0.493 e. The zero-order chi connectivity index (χ0) is 23.7. The van der Waals surface area contributed by atoms with Gasteiger partial charge < -0.3 is 19.5 Å². The highest BCUT2D eigenvalue weighted by Crippen LogP contribution is 2.41. The average molecular weight is 457 g/mol. The van der Waals surface area contributed by atoms with E-state index in [1.807, 2.05) is 32.2 Å². The lowest BCUT2D eigenvalue weighted by Crippen LogP contribution is -2.23. The third-order valence-corrected chi connectivity index (χ3v) is 6.86. The van der Waals surface area contributed by atoms with E-state index < -0.39 is 0 Å². The lowest BCUT2D eigenvalue weighted by atomic mass is 9.93. The molecule has 0 fully saturated rings. The van der Waals surface area contributed by atoms with Crippen LogP contribution in [0.5, 0.6) is 5.75 Å². The Morgan fingerprint density at radius 1 is 1.21 bits per heavy atom. The van der Waals surface area contributed by atoms with Crippen LogP contribution in [0, 0.1) is 6.92 Å². The Bertz CT molecular complexity index is 1390. The summed E-state index contributed by atoms with van der Waals surface area (Å²) in [7, 11) is 0. The number of aryl methyl sites for hydroxylation is 3. The Morgan fingerprint density at radius 3 is 2.88 bits per heavy atom. The van der Waals surface area contributed by atoms with E-state index in [1.165, 1.54) is 29.4 Å². The minimum absolute atomic E-state index is 0.0910. The van der Waals surface area contributed by atoms with Gasteiger partial charge in [0.25, 0.3) is 0 Å². The van der Waals surface area contributed by atoms with Crippen molar-refractivity contribution < 1.29 is 13.9 Å². The molecule has 4 aromatic rings. The van der Waals surface area contributed by atoms with Gasteiger partial charge in [0.05, 0.1) is 6.61 Å². The first kappa shape index (κ1) is 22.3. The molecule has 1 aliphatic rings. The van der Waals surface area contributed by atoms with Gasteiger partial charge in [0, 0.05) is 58.2 Å². The molecule has 5 heteroatoms. The summed E-state index contributed by atoms with van der Waals surface area (Å²) in [6, 6.07) is 10.4. The molecule has 2 aromatic heterocycles. The molecule has 0 unspecified atom stereocenters. The molecule has 2 N–H and O–H groups in total. The molecular formula is C29H32N2O3. The Kier molecular flexibility index (Phi) is 6.18. The first-order valence-corrected chi connectivity index (χ1v) is 12.3. The van der Waals surface area contributed by atoms with Crippen molar-refractivity contribution in [3.05, 3.63) is 70.6 Å². The number of nitrogens with one attached hydrogen (secondary N) is 2. The number of hydrogen-bond donors (Lipinski definition) is 2.